The summed E-state index contributed by atoms with van der Waals surface area (Å²) in [6.07, 6.45) is 10.3. The van der Waals surface area contributed by atoms with E-state index in [2.05, 4.69) is 5.32 Å². The monoisotopic (exact) mass is 318 g/mol. The minimum absolute atomic E-state index is 0.00555. The SMILES string of the molecule is C[C@@H]1CC(=O)N[C@H](C(=O)N(Cc2ccoc2)C2CCCCC2)C1. The van der Waals surface area contributed by atoms with E-state index >= 15 is 0 Å². The Morgan fingerprint density at radius 3 is 2.78 bits per heavy atom. The minimum Gasteiger partial charge on any atom is -0.472 e. The normalized spacial score (nSPS) is 25.9. The predicted molar refractivity (Wildman–Crippen MR) is 86.5 cm³/mol. The molecule has 0 aromatic carbocycles. The lowest BCUT2D eigenvalue weighted by molar-refractivity contribution is -0.142. The molecule has 1 saturated carbocycles. The summed E-state index contributed by atoms with van der Waals surface area (Å²) in [5.74, 6) is 0.326. The average molecular weight is 318 g/mol. The minimum atomic E-state index is -0.375. The van der Waals surface area contributed by atoms with Crippen molar-refractivity contribution < 1.29 is 14.0 Å². The highest BCUT2D eigenvalue weighted by Gasteiger charge is 2.35. The van der Waals surface area contributed by atoms with Crippen molar-refractivity contribution in [2.45, 2.75) is 70.5 Å². The highest BCUT2D eigenvalue weighted by atomic mass is 16.3. The maximum absolute atomic E-state index is 13.1. The van der Waals surface area contributed by atoms with E-state index in [4.69, 9.17) is 4.42 Å². The van der Waals surface area contributed by atoms with Gasteiger partial charge in [0.2, 0.25) is 11.8 Å². The largest absolute Gasteiger partial charge is 0.472 e. The fraction of sp³-hybridized carbons (Fsp3) is 0.667. The van der Waals surface area contributed by atoms with Crippen LogP contribution in [0.4, 0.5) is 0 Å². The lowest BCUT2D eigenvalue weighted by Crippen LogP contribution is -2.54. The molecule has 0 spiro atoms. The predicted octanol–water partition coefficient (Wildman–Crippen LogP) is 2.86. The Morgan fingerprint density at radius 1 is 1.35 bits per heavy atom. The van der Waals surface area contributed by atoms with E-state index < -0.39 is 0 Å². The van der Waals surface area contributed by atoms with Crippen LogP contribution < -0.4 is 5.32 Å². The van der Waals surface area contributed by atoms with Crippen LogP contribution in [0.15, 0.2) is 23.0 Å². The van der Waals surface area contributed by atoms with Crippen molar-refractivity contribution in [3.05, 3.63) is 24.2 Å². The maximum Gasteiger partial charge on any atom is 0.245 e. The van der Waals surface area contributed by atoms with Gasteiger partial charge in [0.15, 0.2) is 0 Å². The molecule has 1 aliphatic heterocycles. The van der Waals surface area contributed by atoms with E-state index in [1.165, 1.54) is 19.3 Å². The third-order valence-corrected chi connectivity index (χ3v) is 5.04. The zero-order valence-corrected chi connectivity index (χ0v) is 13.8. The zero-order valence-electron chi connectivity index (χ0n) is 13.8. The fourth-order valence-corrected chi connectivity index (χ4v) is 3.84. The van der Waals surface area contributed by atoms with Crippen molar-refractivity contribution in [3.8, 4) is 0 Å². The Labute approximate surface area is 137 Å². The third-order valence-electron chi connectivity index (χ3n) is 5.04. The van der Waals surface area contributed by atoms with Gasteiger partial charge in [0, 0.05) is 24.6 Å². The molecule has 2 heterocycles. The van der Waals surface area contributed by atoms with E-state index in [0.717, 1.165) is 24.8 Å². The van der Waals surface area contributed by atoms with E-state index in [-0.39, 0.29) is 29.8 Å². The van der Waals surface area contributed by atoms with Crippen LogP contribution in [0.5, 0.6) is 0 Å². The Morgan fingerprint density at radius 2 is 2.13 bits per heavy atom. The summed E-state index contributed by atoms with van der Waals surface area (Å²) in [7, 11) is 0. The lowest BCUT2D eigenvalue weighted by atomic mass is 9.90. The molecule has 0 unspecified atom stereocenters. The van der Waals surface area contributed by atoms with Crippen molar-refractivity contribution in [2.75, 3.05) is 0 Å². The molecule has 0 radical (unpaired) electrons. The van der Waals surface area contributed by atoms with Gasteiger partial charge in [-0.05, 0) is 31.2 Å². The topological polar surface area (TPSA) is 62.6 Å². The van der Waals surface area contributed by atoms with Crippen LogP contribution in [0.2, 0.25) is 0 Å². The van der Waals surface area contributed by atoms with Gasteiger partial charge in [0.05, 0.1) is 12.5 Å². The molecule has 2 fully saturated rings. The second-order valence-corrected chi connectivity index (χ2v) is 7.05. The molecule has 5 heteroatoms. The first-order chi connectivity index (χ1) is 11.1. The summed E-state index contributed by atoms with van der Waals surface area (Å²) < 4.78 is 5.15. The third kappa shape index (κ3) is 3.95. The van der Waals surface area contributed by atoms with Gasteiger partial charge in [0.1, 0.15) is 6.04 Å². The number of amides is 2. The molecule has 23 heavy (non-hydrogen) atoms. The Balaban J connectivity index is 1.75. The molecule has 1 aliphatic carbocycles. The van der Waals surface area contributed by atoms with Crippen LogP contribution >= 0.6 is 0 Å². The van der Waals surface area contributed by atoms with Crippen molar-refractivity contribution >= 4 is 11.8 Å². The summed E-state index contributed by atoms with van der Waals surface area (Å²) in [6, 6.07) is 1.81. The highest BCUT2D eigenvalue weighted by molar-refractivity contribution is 5.89. The molecule has 2 aliphatic rings. The number of rotatable bonds is 4. The van der Waals surface area contributed by atoms with Gasteiger partial charge in [0.25, 0.3) is 0 Å². The summed E-state index contributed by atoms with van der Waals surface area (Å²) >= 11 is 0. The molecule has 1 saturated heterocycles. The van der Waals surface area contributed by atoms with Gasteiger partial charge in [-0.25, -0.2) is 0 Å². The van der Waals surface area contributed by atoms with Crippen LogP contribution in [0, 0.1) is 5.92 Å². The van der Waals surface area contributed by atoms with Gasteiger partial charge < -0.3 is 14.6 Å². The summed E-state index contributed by atoms with van der Waals surface area (Å²) in [5, 5.41) is 2.89. The second kappa shape index (κ2) is 7.20. The van der Waals surface area contributed by atoms with Crippen molar-refractivity contribution in [1.29, 1.82) is 0 Å². The number of carbonyl (C=O) groups is 2. The van der Waals surface area contributed by atoms with Gasteiger partial charge in [-0.15, -0.1) is 0 Å². The van der Waals surface area contributed by atoms with Crippen LogP contribution in [0.1, 0.15) is 57.4 Å². The first-order valence-electron chi connectivity index (χ1n) is 8.74. The molecule has 0 bridgehead atoms. The highest BCUT2D eigenvalue weighted by Crippen LogP contribution is 2.26. The first-order valence-corrected chi connectivity index (χ1v) is 8.74. The molecule has 1 aromatic heterocycles. The van der Waals surface area contributed by atoms with Crippen molar-refractivity contribution in [2.24, 2.45) is 5.92 Å². The van der Waals surface area contributed by atoms with Crippen molar-refractivity contribution in [1.82, 2.24) is 10.2 Å². The number of hydrogen-bond donors (Lipinski definition) is 1. The van der Waals surface area contributed by atoms with Crippen LogP contribution in [0.3, 0.4) is 0 Å². The number of piperidine rings is 1. The fourth-order valence-electron chi connectivity index (χ4n) is 3.84. The van der Waals surface area contributed by atoms with Gasteiger partial charge in [-0.2, -0.15) is 0 Å². The number of nitrogens with zero attached hydrogens (tertiary/aromatic N) is 1. The smallest absolute Gasteiger partial charge is 0.245 e. The van der Waals surface area contributed by atoms with Gasteiger partial charge >= 0.3 is 0 Å². The number of carbonyl (C=O) groups excluding carboxylic acids is 2. The lowest BCUT2D eigenvalue weighted by Gasteiger charge is -2.38. The number of furan rings is 1. The maximum atomic E-state index is 13.1. The molecule has 126 valence electrons. The molecular formula is C18H26N2O3. The van der Waals surface area contributed by atoms with Crippen LogP contribution in [0.25, 0.3) is 0 Å². The van der Waals surface area contributed by atoms with E-state index in [9.17, 15) is 9.59 Å². The molecule has 2 atom stereocenters. The Hall–Kier alpha value is -1.78. The molecular weight excluding hydrogens is 292 g/mol. The van der Waals surface area contributed by atoms with Gasteiger partial charge in [-0.1, -0.05) is 26.2 Å². The zero-order chi connectivity index (χ0) is 16.2. The second-order valence-electron chi connectivity index (χ2n) is 7.05. The van der Waals surface area contributed by atoms with Gasteiger partial charge in [-0.3, -0.25) is 9.59 Å². The number of nitrogens with one attached hydrogen (secondary N) is 1. The average Bonchev–Trinajstić information content (AvgIpc) is 3.05. The molecule has 5 nitrogen and oxygen atoms in total. The molecule has 1 aromatic rings. The van der Waals surface area contributed by atoms with E-state index in [1.807, 2.05) is 17.9 Å². The molecule has 3 rings (SSSR count). The summed E-state index contributed by atoms with van der Waals surface area (Å²) in [5.41, 5.74) is 1.01. The molecule has 2 amide bonds. The standard InChI is InChI=1S/C18H26N2O3/c1-13-9-16(19-17(21)10-13)18(22)20(11-14-7-8-23-12-14)15-5-3-2-4-6-15/h7-8,12-13,15-16H,2-6,9-11H2,1H3,(H,19,21)/t13-,16-/m0/s1. The quantitative estimate of drug-likeness (QED) is 0.928. The molecule has 1 N–H and O–H groups in total. The first kappa shape index (κ1) is 16.1. The van der Waals surface area contributed by atoms with Crippen LogP contribution in [-0.2, 0) is 16.1 Å². The van der Waals surface area contributed by atoms with Crippen LogP contribution in [-0.4, -0.2) is 28.8 Å². The Kier molecular flexibility index (Phi) is 5.03. The number of hydrogen-bond acceptors (Lipinski definition) is 3. The van der Waals surface area contributed by atoms with E-state index in [1.54, 1.807) is 12.5 Å². The van der Waals surface area contributed by atoms with E-state index in [0.29, 0.717) is 13.0 Å². The van der Waals surface area contributed by atoms with Crippen molar-refractivity contribution in [3.63, 3.8) is 0 Å². The summed E-state index contributed by atoms with van der Waals surface area (Å²) in [6.45, 7) is 2.61. The summed E-state index contributed by atoms with van der Waals surface area (Å²) in [4.78, 5) is 26.9. The Bertz CT molecular complexity index is 534.